The molecular formula is C15H23F2N3O. The molecule has 0 aliphatic rings. The van der Waals surface area contributed by atoms with Crippen LogP contribution in [0, 0.1) is 5.92 Å². The van der Waals surface area contributed by atoms with Crippen molar-refractivity contribution in [1.29, 1.82) is 0 Å². The second-order valence-corrected chi connectivity index (χ2v) is 5.06. The Labute approximate surface area is 124 Å². The number of nitrogens with one attached hydrogen (secondary N) is 2. The summed E-state index contributed by atoms with van der Waals surface area (Å²) in [5.41, 5.74) is 0.847. The van der Waals surface area contributed by atoms with Crippen LogP contribution in [0.3, 0.4) is 0 Å². The standard InChI is InChI=1S/C15H23F2N3O/c1-11(2)7-8-19-15(18-3)20-10-12-5-4-6-13(9-12)21-14(16)17/h4-6,9,11,14H,7-8,10H2,1-3H3,(H2,18,19,20). The molecule has 0 unspecified atom stereocenters. The first-order valence-electron chi connectivity index (χ1n) is 6.99. The molecule has 2 N–H and O–H groups in total. The highest BCUT2D eigenvalue weighted by molar-refractivity contribution is 5.79. The summed E-state index contributed by atoms with van der Waals surface area (Å²) in [6.07, 6.45) is 1.05. The maximum atomic E-state index is 12.2. The van der Waals surface area contributed by atoms with Crippen LogP contribution in [-0.4, -0.2) is 26.2 Å². The predicted molar refractivity (Wildman–Crippen MR) is 80.7 cm³/mol. The van der Waals surface area contributed by atoms with E-state index in [0.29, 0.717) is 18.4 Å². The van der Waals surface area contributed by atoms with Crippen LogP contribution in [0.25, 0.3) is 0 Å². The van der Waals surface area contributed by atoms with E-state index >= 15 is 0 Å². The van der Waals surface area contributed by atoms with E-state index < -0.39 is 6.61 Å². The van der Waals surface area contributed by atoms with Crippen molar-refractivity contribution in [2.24, 2.45) is 10.9 Å². The lowest BCUT2D eigenvalue weighted by Crippen LogP contribution is -2.37. The molecule has 6 heteroatoms. The van der Waals surface area contributed by atoms with Gasteiger partial charge in [-0.05, 0) is 30.0 Å². The van der Waals surface area contributed by atoms with Crippen molar-refractivity contribution in [2.45, 2.75) is 33.4 Å². The van der Waals surface area contributed by atoms with E-state index in [1.807, 2.05) is 6.07 Å². The fourth-order valence-electron chi connectivity index (χ4n) is 1.72. The molecule has 0 amide bonds. The number of halogens is 2. The summed E-state index contributed by atoms with van der Waals surface area (Å²) in [6.45, 7) is 2.84. The molecule has 0 fully saturated rings. The van der Waals surface area contributed by atoms with E-state index in [4.69, 9.17) is 0 Å². The van der Waals surface area contributed by atoms with Gasteiger partial charge in [0.2, 0.25) is 0 Å². The van der Waals surface area contributed by atoms with E-state index in [2.05, 4.69) is 34.2 Å². The fraction of sp³-hybridized carbons (Fsp3) is 0.533. The maximum absolute atomic E-state index is 12.2. The molecule has 4 nitrogen and oxygen atoms in total. The number of guanidine groups is 1. The summed E-state index contributed by atoms with van der Waals surface area (Å²) in [6, 6.07) is 6.61. The minimum Gasteiger partial charge on any atom is -0.435 e. The minimum atomic E-state index is -2.81. The van der Waals surface area contributed by atoms with Crippen LogP contribution < -0.4 is 15.4 Å². The molecule has 118 valence electrons. The second kappa shape index (κ2) is 9.15. The van der Waals surface area contributed by atoms with Gasteiger partial charge in [0.1, 0.15) is 5.75 Å². The summed E-state index contributed by atoms with van der Waals surface area (Å²) in [5.74, 6) is 1.47. The molecule has 21 heavy (non-hydrogen) atoms. The van der Waals surface area contributed by atoms with Gasteiger partial charge < -0.3 is 15.4 Å². The third-order valence-electron chi connectivity index (χ3n) is 2.82. The van der Waals surface area contributed by atoms with E-state index in [0.717, 1.165) is 18.5 Å². The van der Waals surface area contributed by atoms with Gasteiger partial charge in [0, 0.05) is 20.1 Å². The van der Waals surface area contributed by atoms with Crippen molar-refractivity contribution < 1.29 is 13.5 Å². The number of hydrogen-bond donors (Lipinski definition) is 2. The topological polar surface area (TPSA) is 45.7 Å². The summed E-state index contributed by atoms with van der Waals surface area (Å²) in [4.78, 5) is 4.11. The number of benzene rings is 1. The molecule has 0 spiro atoms. The molecule has 0 bridgehead atoms. The normalized spacial score (nSPS) is 11.9. The van der Waals surface area contributed by atoms with Gasteiger partial charge in [0.05, 0.1) is 0 Å². The molecular weight excluding hydrogens is 276 g/mol. The number of nitrogens with zero attached hydrogens (tertiary/aromatic N) is 1. The van der Waals surface area contributed by atoms with Gasteiger partial charge in [0.25, 0.3) is 0 Å². The second-order valence-electron chi connectivity index (χ2n) is 5.06. The van der Waals surface area contributed by atoms with Gasteiger partial charge in [-0.2, -0.15) is 8.78 Å². The first-order valence-corrected chi connectivity index (χ1v) is 6.99. The van der Waals surface area contributed by atoms with Gasteiger partial charge in [-0.15, -0.1) is 0 Å². The highest BCUT2D eigenvalue weighted by atomic mass is 19.3. The van der Waals surface area contributed by atoms with Crippen LogP contribution in [0.5, 0.6) is 5.75 Å². The van der Waals surface area contributed by atoms with Crippen LogP contribution in [-0.2, 0) is 6.54 Å². The smallest absolute Gasteiger partial charge is 0.387 e. The maximum Gasteiger partial charge on any atom is 0.387 e. The zero-order chi connectivity index (χ0) is 15.7. The Balaban J connectivity index is 2.45. The molecule has 0 radical (unpaired) electrons. The summed E-state index contributed by atoms with van der Waals surface area (Å²) in [5, 5.41) is 6.34. The molecule has 0 aromatic heterocycles. The molecule has 1 aromatic rings. The number of rotatable bonds is 7. The Hall–Kier alpha value is -1.85. The third-order valence-corrected chi connectivity index (χ3v) is 2.82. The zero-order valence-electron chi connectivity index (χ0n) is 12.7. The van der Waals surface area contributed by atoms with Crippen LogP contribution >= 0.6 is 0 Å². The average molecular weight is 299 g/mol. The zero-order valence-corrected chi connectivity index (χ0v) is 12.7. The minimum absolute atomic E-state index is 0.159. The lowest BCUT2D eigenvalue weighted by atomic mass is 10.1. The van der Waals surface area contributed by atoms with Crippen molar-refractivity contribution in [1.82, 2.24) is 10.6 Å². The Bertz CT molecular complexity index is 450. The molecule has 0 saturated heterocycles. The van der Waals surface area contributed by atoms with Crippen molar-refractivity contribution in [3.63, 3.8) is 0 Å². The van der Waals surface area contributed by atoms with Gasteiger partial charge in [-0.1, -0.05) is 26.0 Å². The van der Waals surface area contributed by atoms with Crippen molar-refractivity contribution in [3.8, 4) is 5.75 Å². The van der Waals surface area contributed by atoms with Crippen LogP contribution in [0.1, 0.15) is 25.8 Å². The largest absolute Gasteiger partial charge is 0.435 e. The molecule has 0 saturated carbocycles. The molecule has 0 aliphatic heterocycles. The SMILES string of the molecule is CN=C(NCCC(C)C)NCc1cccc(OC(F)F)c1. The van der Waals surface area contributed by atoms with Gasteiger partial charge >= 0.3 is 6.61 Å². The highest BCUT2D eigenvalue weighted by Gasteiger charge is 2.05. The number of alkyl halides is 2. The van der Waals surface area contributed by atoms with Crippen LogP contribution in [0.2, 0.25) is 0 Å². The summed E-state index contributed by atoms with van der Waals surface area (Å²) < 4.78 is 28.7. The molecule has 0 atom stereocenters. The van der Waals surface area contributed by atoms with E-state index in [1.165, 1.54) is 6.07 Å². The average Bonchev–Trinajstić information content (AvgIpc) is 2.42. The Morgan fingerprint density at radius 3 is 2.67 bits per heavy atom. The Morgan fingerprint density at radius 1 is 1.29 bits per heavy atom. The third kappa shape index (κ3) is 7.48. The van der Waals surface area contributed by atoms with Crippen molar-refractivity contribution in [3.05, 3.63) is 29.8 Å². The Kier molecular flexibility index (Phi) is 7.50. The van der Waals surface area contributed by atoms with Gasteiger partial charge in [-0.25, -0.2) is 0 Å². The highest BCUT2D eigenvalue weighted by Crippen LogP contribution is 2.15. The van der Waals surface area contributed by atoms with Crippen molar-refractivity contribution >= 4 is 5.96 Å². The first-order chi connectivity index (χ1) is 10.0. The van der Waals surface area contributed by atoms with Crippen molar-refractivity contribution in [2.75, 3.05) is 13.6 Å². The van der Waals surface area contributed by atoms with Crippen LogP contribution in [0.15, 0.2) is 29.3 Å². The van der Waals surface area contributed by atoms with Crippen LogP contribution in [0.4, 0.5) is 8.78 Å². The van der Waals surface area contributed by atoms with Gasteiger partial charge in [-0.3, -0.25) is 4.99 Å². The first kappa shape index (κ1) is 17.2. The molecule has 1 rings (SSSR count). The lowest BCUT2D eigenvalue weighted by molar-refractivity contribution is -0.0498. The fourth-order valence-corrected chi connectivity index (χ4v) is 1.72. The summed E-state index contributed by atoms with van der Waals surface area (Å²) in [7, 11) is 1.70. The predicted octanol–water partition coefficient (Wildman–Crippen LogP) is 3.00. The number of hydrogen-bond acceptors (Lipinski definition) is 2. The Morgan fingerprint density at radius 2 is 2.05 bits per heavy atom. The quantitative estimate of drug-likeness (QED) is 0.601. The monoisotopic (exact) mass is 299 g/mol. The molecule has 1 aromatic carbocycles. The number of ether oxygens (including phenoxy) is 1. The molecule has 0 aliphatic carbocycles. The molecule has 0 heterocycles. The van der Waals surface area contributed by atoms with Gasteiger partial charge in [0.15, 0.2) is 5.96 Å². The summed E-state index contributed by atoms with van der Waals surface area (Å²) >= 11 is 0. The van der Waals surface area contributed by atoms with E-state index in [-0.39, 0.29) is 5.75 Å². The van der Waals surface area contributed by atoms with E-state index in [9.17, 15) is 8.78 Å². The lowest BCUT2D eigenvalue weighted by Gasteiger charge is -2.13. The van der Waals surface area contributed by atoms with E-state index in [1.54, 1.807) is 19.2 Å². The number of aliphatic imine (C=N–C) groups is 1.